The van der Waals surface area contributed by atoms with E-state index in [4.69, 9.17) is 9.15 Å². The highest BCUT2D eigenvalue weighted by atomic mass is 16.6. The molecular formula is C20H13NO3. The number of rotatable bonds is 3. The largest absolute Gasteiger partial charge is 0.457 e. The minimum atomic E-state index is -0.480. The maximum Gasteiger partial charge on any atom is 0.363 e. The van der Waals surface area contributed by atoms with Gasteiger partial charge >= 0.3 is 5.97 Å². The van der Waals surface area contributed by atoms with Gasteiger partial charge in [-0.3, -0.25) is 0 Å². The Labute approximate surface area is 138 Å². The zero-order chi connectivity index (χ0) is 16.4. The van der Waals surface area contributed by atoms with Gasteiger partial charge in [0.15, 0.2) is 5.70 Å². The van der Waals surface area contributed by atoms with E-state index in [1.165, 1.54) is 0 Å². The molecule has 0 amide bonds. The minimum Gasteiger partial charge on any atom is -0.457 e. The number of benzene rings is 2. The topological polar surface area (TPSA) is 51.8 Å². The van der Waals surface area contributed by atoms with E-state index in [2.05, 4.69) is 4.99 Å². The fourth-order valence-electron chi connectivity index (χ4n) is 2.44. The van der Waals surface area contributed by atoms with Crippen LogP contribution in [0, 0.1) is 0 Å². The van der Waals surface area contributed by atoms with E-state index in [1.807, 2.05) is 66.7 Å². The molecule has 0 N–H and O–H groups in total. The van der Waals surface area contributed by atoms with Gasteiger partial charge in [-0.15, -0.1) is 0 Å². The predicted octanol–water partition coefficient (Wildman–Crippen LogP) is 4.29. The van der Waals surface area contributed by atoms with E-state index in [1.54, 1.807) is 12.1 Å². The summed E-state index contributed by atoms with van der Waals surface area (Å²) in [5, 5.41) is 0. The molecule has 116 valence electrons. The van der Waals surface area contributed by atoms with Crippen molar-refractivity contribution in [3.63, 3.8) is 0 Å². The lowest BCUT2D eigenvalue weighted by Gasteiger charge is -1.97. The molecule has 0 atom stereocenters. The molecule has 0 unspecified atom stereocenters. The maximum absolute atomic E-state index is 12.0. The first-order valence-electron chi connectivity index (χ1n) is 7.53. The molecule has 0 radical (unpaired) electrons. The van der Waals surface area contributed by atoms with Crippen LogP contribution in [0.5, 0.6) is 0 Å². The van der Waals surface area contributed by atoms with Crippen molar-refractivity contribution >= 4 is 17.9 Å². The minimum absolute atomic E-state index is 0.225. The van der Waals surface area contributed by atoms with Crippen LogP contribution < -0.4 is 0 Å². The van der Waals surface area contributed by atoms with Crippen molar-refractivity contribution < 1.29 is 13.9 Å². The average molecular weight is 315 g/mol. The third-order valence-electron chi connectivity index (χ3n) is 3.61. The van der Waals surface area contributed by atoms with Crippen molar-refractivity contribution in [1.82, 2.24) is 0 Å². The van der Waals surface area contributed by atoms with E-state index >= 15 is 0 Å². The predicted molar refractivity (Wildman–Crippen MR) is 91.2 cm³/mol. The van der Waals surface area contributed by atoms with Crippen LogP contribution in [0.25, 0.3) is 17.4 Å². The Bertz CT molecular complexity index is 937. The molecule has 4 nitrogen and oxygen atoms in total. The summed E-state index contributed by atoms with van der Waals surface area (Å²) in [6.07, 6.45) is 1.59. The van der Waals surface area contributed by atoms with Crippen LogP contribution in [-0.2, 0) is 9.53 Å². The lowest BCUT2D eigenvalue weighted by molar-refractivity contribution is -0.129. The van der Waals surface area contributed by atoms with E-state index in [0.29, 0.717) is 11.7 Å². The molecule has 0 saturated heterocycles. The molecule has 1 aliphatic rings. The van der Waals surface area contributed by atoms with Gasteiger partial charge in [-0.25, -0.2) is 9.79 Å². The molecule has 0 fully saturated rings. The Kier molecular flexibility index (Phi) is 3.56. The summed E-state index contributed by atoms with van der Waals surface area (Å²) in [7, 11) is 0. The van der Waals surface area contributed by atoms with Crippen molar-refractivity contribution in [3.05, 3.63) is 89.8 Å². The second-order valence-corrected chi connectivity index (χ2v) is 5.27. The van der Waals surface area contributed by atoms with E-state index in [-0.39, 0.29) is 5.70 Å². The van der Waals surface area contributed by atoms with Crippen molar-refractivity contribution in [2.24, 2.45) is 4.99 Å². The molecule has 1 aromatic heterocycles. The number of furan rings is 1. The smallest absolute Gasteiger partial charge is 0.363 e. The number of hydrogen-bond donors (Lipinski definition) is 0. The van der Waals surface area contributed by atoms with Crippen molar-refractivity contribution in [2.45, 2.75) is 0 Å². The van der Waals surface area contributed by atoms with Gasteiger partial charge in [0, 0.05) is 17.2 Å². The van der Waals surface area contributed by atoms with Crippen LogP contribution in [0.2, 0.25) is 0 Å². The molecule has 3 aromatic rings. The first-order chi connectivity index (χ1) is 11.8. The Balaban J connectivity index is 1.63. The fourth-order valence-corrected chi connectivity index (χ4v) is 2.44. The third kappa shape index (κ3) is 2.77. The van der Waals surface area contributed by atoms with Gasteiger partial charge in [-0.1, -0.05) is 48.5 Å². The van der Waals surface area contributed by atoms with Crippen molar-refractivity contribution in [2.75, 3.05) is 0 Å². The molecule has 0 saturated carbocycles. The number of carbonyl (C=O) groups excluding carboxylic acids is 1. The number of nitrogens with zero attached hydrogens (tertiary/aromatic N) is 1. The highest BCUT2D eigenvalue weighted by Gasteiger charge is 2.24. The summed E-state index contributed by atoms with van der Waals surface area (Å²) < 4.78 is 11.0. The Morgan fingerprint density at radius 3 is 2.17 bits per heavy atom. The Morgan fingerprint density at radius 2 is 1.46 bits per heavy atom. The van der Waals surface area contributed by atoms with Gasteiger partial charge in [-0.05, 0) is 24.3 Å². The van der Waals surface area contributed by atoms with Gasteiger partial charge in [-0.2, -0.15) is 0 Å². The first kappa shape index (κ1) is 14.2. The van der Waals surface area contributed by atoms with Crippen LogP contribution in [0.3, 0.4) is 0 Å². The molecule has 0 spiro atoms. The van der Waals surface area contributed by atoms with E-state index in [0.717, 1.165) is 16.9 Å². The van der Waals surface area contributed by atoms with Crippen LogP contribution in [0.1, 0.15) is 11.3 Å². The number of ether oxygens (including phenoxy) is 1. The summed E-state index contributed by atoms with van der Waals surface area (Å²) >= 11 is 0. The SMILES string of the molecule is O=C1OC(c2ccccc2)=NC1=Cc1ccc(-c2ccccc2)o1. The number of hydrogen-bond acceptors (Lipinski definition) is 4. The highest BCUT2D eigenvalue weighted by molar-refractivity contribution is 6.12. The number of carbonyl (C=O) groups is 1. The number of aliphatic imine (C=N–C) groups is 1. The summed E-state index contributed by atoms with van der Waals surface area (Å²) in [5.41, 5.74) is 1.96. The first-order valence-corrected chi connectivity index (χ1v) is 7.53. The summed E-state index contributed by atoms with van der Waals surface area (Å²) in [4.78, 5) is 16.3. The highest BCUT2D eigenvalue weighted by Crippen LogP contribution is 2.25. The zero-order valence-corrected chi connectivity index (χ0v) is 12.7. The van der Waals surface area contributed by atoms with Crippen LogP contribution in [0.15, 0.2) is 87.9 Å². The van der Waals surface area contributed by atoms with Gasteiger partial charge in [0.2, 0.25) is 5.90 Å². The van der Waals surface area contributed by atoms with E-state index < -0.39 is 5.97 Å². The molecule has 0 bridgehead atoms. The van der Waals surface area contributed by atoms with Crippen LogP contribution in [0.4, 0.5) is 0 Å². The van der Waals surface area contributed by atoms with Gasteiger partial charge < -0.3 is 9.15 Å². The quantitative estimate of drug-likeness (QED) is 0.535. The molecule has 4 rings (SSSR count). The van der Waals surface area contributed by atoms with Gasteiger partial charge in [0.1, 0.15) is 11.5 Å². The third-order valence-corrected chi connectivity index (χ3v) is 3.61. The molecule has 4 heteroatoms. The summed E-state index contributed by atoms with van der Waals surface area (Å²) in [6, 6.07) is 22.7. The lowest BCUT2D eigenvalue weighted by atomic mass is 10.2. The van der Waals surface area contributed by atoms with E-state index in [9.17, 15) is 4.79 Å². The molecule has 1 aliphatic heterocycles. The average Bonchev–Trinajstić information content (AvgIpc) is 3.24. The van der Waals surface area contributed by atoms with Gasteiger partial charge in [0.25, 0.3) is 0 Å². The number of esters is 1. The van der Waals surface area contributed by atoms with Crippen molar-refractivity contribution in [1.29, 1.82) is 0 Å². The monoisotopic (exact) mass is 315 g/mol. The Hall–Kier alpha value is -3.40. The number of cyclic esters (lactones) is 1. The van der Waals surface area contributed by atoms with Crippen LogP contribution in [-0.4, -0.2) is 11.9 Å². The molecule has 0 aliphatic carbocycles. The van der Waals surface area contributed by atoms with Crippen LogP contribution >= 0.6 is 0 Å². The maximum atomic E-state index is 12.0. The van der Waals surface area contributed by atoms with Crippen molar-refractivity contribution in [3.8, 4) is 11.3 Å². The normalized spacial score (nSPS) is 15.4. The van der Waals surface area contributed by atoms with Gasteiger partial charge in [0.05, 0.1) is 0 Å². The summed E-state index contributed by atoms with van der Waals surface area (Å²) in [5.74, 6) is 1.12. The fraction of sp³-hybridized carbons (Fsp3) is 0. The molecule has 2 heterocycles. The standard InChI is InChI=1S/C20H13NO3/c22-20-17(21-19(24-20)15-9-5-2-6-10-15)13-16-11-12-18(23-16)14-7-3-1-4-8-14/h1-13H. The molecule has 24 heavy (non-hydrogen) atoms. The molecule has 2 aromatic carbocycles. The second kappa shape index (κ2) is 6.01. The second-order valence-electron chi connectivity index (χ2n) is 5.27. The Morgan fingerprint density at radius 1 is 0.792 bits per heavy atom. The summed E-state index contributed by atoms with van der Waals surface area (Å²) in [6.45, 7) is 0. The molecular weight excluding hydrogens is 302 g/mol. The lowest BCUT2D eigenvalue weighted by Crippen LogP contribution is -2.04. The zero-order valence-electron chi connectivity index (χ0n) is 12.7.